The summed E-state index contributed by atoms with van der Waals surface area (Å²) >= 11 is 0. The van der Waals surface area contributed by atoms with Crippen LogP contribution in [-0.4, -0.2) is 50.7 Å². The molecule has 0 saturated carbocycles. The SMILES string of the molecule is CCOc1ccc2ccccc2c1C(=O)Nc1cnc(N(C)C)nc1N(C)C. The summed E-state index contributed by atoms with van der Waals surface area (Å²) in [6.07, 6.45) is 1.63. The highest BCUT2D eigenvalue weighted by molar-refractivity contribution is 6.15. The summed E-state index contributed by atoms with van der Waals surface area (Å²) in [5.41, 5.74) is 1.04. The molecule has 0 aliphatic carbocycles. The van der Waals surface area contributed by atoms with Crippen molar-refractivity contribution in [3.63, 3.8) is 0 Å². The number of ether oxygens (including phenoxy) is 1. The van der Waals surface area contributed by atoms with E-state index in [2.05, 4.69) is 15.3 Å². The first-order valence-corrected chi connectivity index (χ1v) is 9.10. The van der Waals surface area contributed by atoms with Crippen LogP contribution in [0.1, 0.15) is 17.3 Å². The fourth-order valence-corrected chi connectivity index (χ4v) is 2.95. The average molecular weight is 379 g/mol. The van der Waals surface area contributed by atoms with E-state index in [1.165, 1.54) is 0 Å². The van der Waals surface area contributed by atoms with Crippen molar-refractivity contribution in [3.05, 3.63) is 48.2 Å². The monoisotopic (exact) mass is 379 g/mol. The number of hydrogen-bond acceptors (Lipinski definition) is 6. The largest absolute Gasteiger partial charge is 0.493 e. The smallest absolute Gasteiger partial charge is 0.260 e. The van der Waals surface area contributed by atoms with Crippen LogP contribution in [0.15, 0.2) is 42.6 Å². The van der Waals surface area contributed by atoms with Crippen LogP contribution >= 0.6 is 0 Å². The molecule has 0 spiro atoms. The van der Waals surface area contributed by atoms with Gasteiger partial charge in [-0.25, -0.2) is 4.98 Å². The molecule has 1 amide bonds. The zero-order valence-corrected chi connectivity index (χ0v) is 16.9. The van der Waals surface area contributed by atoms with Crippen LogP contribution in [0.4, 0.5) is 17.5 Å². The Morgan fingerprint density at radius 2 is 1.82 bits per heavy atom. The van der Waals surface area contributed by atoms with Gasteiger partial charge >= 0.3 is 0 Å². The summed E-state index contributed by atoms with van der Waals surface area (Å²) in [4.78, 5) is 25.8. The highest BCUT2D eigenvalue weighted by Crippen LogP contribution is 2.30. The number of benzene rings is 2. The quantitative estimate of drug-likeness (QED) is 0.708. The van der Waals surface area contributed by atoms with Gasteiger partial charge in [-0.1, -0.05) is 30.3 Å². The van der Waals surface area contributed by atoms with Gasteiger partial charge in [-0.3, -0.25) is 4.79 Å². The van der Waals surface area contributed by atoms with Crippen molar-refractivity contribution in [1.29, 1.82) is 0 Å². The number of fused-ring (bicyclic) bond motifs is 1. The molecule has 3 rings (SSSR count). The fraction of sp³-hybridized carbons (Fsp3) is 0.286. The third-order valence-electron chi connectivity index (χ3n) is 4.25. The maximum Gasteiger partial charge on any atom is 0.260 e. The topological polar surface area (TPSA) is 70.6 Å². The van der Waals surface area contributed by atoms with Crippen molar-refractivity contribution >= 4 is 34.1 Å². The molecule has 2 aromatic carbocycles. The van der Waals surface area contributed by atoms with E-state index in [4.69, 9.17) is 4.74 Å². The molecule has 7 nitrogen and oxygen atoms in total. The number of nitrogens with one attached hydrogen (secondary N) is 1. The van der Waals surface area contributed by atoms with E-state index in [9.17, 15) is 4.79 Å². The highest BCUT2D eigenvalue weighted by atomic mass is 16.5. The number of rotatable bonds is 6. The van der Waals surface area contributed by atoms with Crippen LogP contribution in [0.5, 0.6) is 5.75 Å². The van der Waals surface area contributed by atoms with Crippen molar-refractivity contribution in [2.45, 2.75) is 6.92 Å². The van der Waals surface area contributed by atoms with E-state index >= 15 is 0 Å². The Hall–Kier alpha value is -3.35. The van der Waals surface area contributed by atoms with Crippen molar-refractivity contribution < 1.29 is 9.53 Å². The Balaban J connectivity index is 2.05. The van der Waals surface area contributed by atoms with Gasteiger partial charge < -0.3 is 19.9 Å². The van der Waals surface area contributed by atoms with E-state index in [-0.39, 0.29) is 5.91 Å². The van der Waals surface area contributed by atoms with E-state index in [0.29, 0.717) is 35.4 Å². The van der Waals surface area contributed by atoms with E-state index in [1.54, 1.807) is 6.20 Å². The van der Waals surface area contributed by atoms with Gasteiger partial charge in [-0.2, -0.15) is 4.98 Å². The number of carbonyl (C=O) groups excluding carboxylic acids is 1. The maximum absolute atomic E-state index is 13.2. The van der Waals surface area contributed by atoms with Crippen LogP contribution in [0, 0.1) is 0 Å². The Labute approximate surface area is 165 Å². The van der Waals surface area contributed by atoms with Gasteiger partial charge in [-0.05, 0) is 23.8 Å². The average Bonchev–Trinajstić information content (AvgIpc) is 2.67. The van der Waals surface area contributed by atoms with Crippen LogP contribution in [0.3, 0.4) is 0 Å². The molecule has 0 aliphatic rings. The summed E-state index contributed by atoms with van der Waals surface area (Å²) in [6, 6.07) is 11.5. The van der Waals surface area contributed by atoms with Crippen LogP contribution in [0.2, 0.25) is 0 Å². The first kappa shape index (κ1) is 19.4. The highest BCUT2D eigenvalue weighted by Gasteiger charge is 2.19. The Bertz CT molecular complexity index is 1000. The number of amides is 1. The summed E-state index contributed by atoms with van der Waals surface area (Å²) < 4.78 is 5.72. The number of nitrogens with zero attached hydrogens (tertiary/aromatic N) is 4. The third kappa shape index (κ3) is 3.83. The lowest BCUT2D eigenvalue weighted by atomic mass is 10.0. The summed E-state index contributed by atoms with van der Waals surface area (Å²) in [7, 11) is 7.50. The standard InChI is InChI=1S/C21H25N5O2/c1-6-28-17-12-11-14-9-7-8-10-15(14)18(17)20(27)23-16-13-22-21(26(4)5)24-19(16)25(2)3/h7-13H,6H2,1-5H3,(H,23,27). The zero-order chi connectivity index (χ0) is 20.3. The van der Waals surface area contributed by atoms with Crippen LogP contribution in [-0.2, 0) is 0 Å². The first-order chi connectivity index (χ1) is 13.4. The molecule has 3 aromatic rings. The van der Waals surface area contributed by atoms with E-state index in [0.717, 1.165) is 10.8 Å². The van der Waals surface area contributed by atoms with Gasteiger partial charge in [0, 0.05) is 28.2 Å². The molecule has 1 aromatic heterocycles. The number of anilines is 3. The lowest BCUT2D eigenvalue weighted by Gasteiger charge is -2.20. The minimum Gasteiger partial charge on any atom is -0.493 e. The fourth-order valence-electron chi connectivity index (χ4n) is 2.95. The lowest BCUT2D eigenvalue weighted by molar-refractivity contribution is 0.102. The number of hydrogen-bond donors (Lipinski definition) is 1. The molecule has 7 heteroatoms. The van der Waals surface area contributed by atoms with Crippen molar-refractivity contribution in [2.24, 2.45) is 0 Å². The Morgan fingerprint density at radius 3 is 2.50 bits per heavy atom. The molecule has 0 bridgehead atoms. The lowest BCUT2D eigenvalue weighted by Crippen LogP contribution is -2.21. The van der Waals surface area contributed by atoms with Gasteiger partial charge in [0.05, 0.1) is 18.4 Å². The molecule has 0 unspecified atom stereocenters. The van der Waals surface area contributed by atoms with Crippen LogP contribution in [0.25, 0.3) is 10.8 Å². The maximum atomic E-state index is 13.2. The second-order valence-corrected chi connectivity index (χ2v) is 6.74. The molecule has 28 heavy (non-hydrogen) atoms. The van der Waals surface area contributed by atoms with Gasteiger partial charge in [0.15, 0.2) is 5.82 Å². The first-order valence-electron chi connectivity index (χ1n) is 9.10. The summed E-state index contributed by atoms with van der Waals surface area (Å²) in [5, 5.41) is 4.77. The summed E-state index contributed by atoms with van der Waals surface area (Å²) in [5.74, 6) is 1.49. The van der Waals surface area contributed by atoms with Crippen molar-refractivity contribution in [1.82, 2.24) is 9.97 Å². The van der Waals surface area contributed by atoms with Gasteiger partial charge in [0.2, 0.25) is 5.95 Å². The van der Waals surface area contributed by atoms with E-state index in [1.807, 2.05) is 81.3 Å². The van der Waals surface area contributed by atoms with Crippen molar-refractivity contribution in [2.75, 3.05) is 49.9 Å². The van der Waals surface area contributed by atoms with Gasteiger partial charge in [0.1, 0.15) is 11.4 Å². The molecule has 146 valence electrons. The van der Waals surface area contributed by atoms with Crippen LogP contribution < -0.4 is 19.9 Å². The predicted octanol–water partition coefficient (Wildman–Crippen LogP) is 3.41. The molecule has 0 radical (unpaired) electrons. The molecule has 1 heterocycles. The third-order valence-corrected chi connectivity index (χ3v) is 4.25. The molecule has 1 N–H and O–H groups in total. The number of carbonyl (C=O) groups is 1. The second kappa shape index (κ2) is 8.12. The molecule has 0 saturated heterocycles. The second-order valence-electron chi connectivity index (χ2n) is 6.74. The minimum atomic E-state index is -0.260. The molecule has 0 atom stereocenters. The molecule has 0 fully saturated rings. The predicted molar refractivity (Wildman–Crippen MR) is 114 cm³/mol. The molecular weight excluding hydrogens is 354 g/mol. The summed E-state index contributed by atoms with van der Waals surface area (Å²) in [6.45, 7) is 2.37. The van der Waals surface area contributed by atoms with E-state index < -0.39 is 0 Å². The van der Waals surface area contributed by atoms with Crippen molar-refractivity contribution in [3.8, 4) is 5.75 Å². The zero-order valence-electron chi connectivity index (χ0n) is 16.9. The Morgan fingerprint density at radius 1 is 1.07 bits per heavy atom. The minimum absolute atomic E-state index is 0.260. The Kier molecular flexibility index (Phi) is 5.63. The normalized spacial score (nSPS) is 10.6. The number of aromatic nitrogens is 2. The molecular formula is C21H25N5O2. The van der Waals surface area contributed by atoms with Gasteiger partial charge in [-0.15, -0.1) is 0 Å². The van der Waals surface area contributed by atoms with Gasteiger partial charge in [0.25, 0.3) is 5.91 Å². The molecule has 0 aliphatic heterocycles.